The Hall–Kier alpha value is -3.80. The maximum atomic E-state index is 13.7. The van der Waals surface area contributed by atoms with Crippen molar-refractivity contribution >= 4 is 23.1 Å². The molecule has 0 bridgehead atoms. The molecule has 34 heavy (non-hydrogen) atoms. The summed E-state index contributed by atoms with van der Waals surface area (Å²) in [5, 5.41) is 0. The fourth-order valence-electron chi connectivity index (χ4n) is 4.52. The lowest BCUT2D eigenvalue weighted by Gasteiger charge is -2.32. The maximum absolute atomic E-state index is 13.7. The van der Waals surface area contributed by atoms with Crippen LogP contribution in [0, 0.1) is 5.92 Å². The van der Waals surface area contributed by atoms with E-state index >= 15 is 0 Å². The lowest BCUT2D eigenvalue weighted by molar-refractivity contribution is -0.137. The Balaban J connectivity index is 1.56. The third-order valence-electron chi connectivity index (χ3n) is 6.14. The van der Waals surface area contributed by atoms with Crippen molar-refractivity contribution in [3.8, 4) is 5.75 Å². The van der Waals surface area contributed by atoms with E-state index in [1.807, 2.05) is 47.4 Å². The van der Waals surface area contributed by atoms with E-state index in [0.717, 1.165) is 24.3 Å². The van der Waals surface area contributed by atoms with Gasteiger partial charge in [0.05, 0.1) is 25.0 Å². The van der Waals surface area contributed by atoms with Crippen LogP contribution in [0.3, 0.4) is 0 Å². The molecule has 3 heterocycles. The highest BCUT2D eigenvalue weighted by molar-refractivity contribution is 6.36. The van der Waals surface area contributed by atoms with Gasteiger partial charge in [0.15, 0.2) is 0 Å². The van der Waals surface area contributed by atoms with Crippen LogP contribution in [0.5, 0.6) is 5.75 Å². The second kappa shape index (κ2) is 9.21. The molecule has 0 spiro atoms. The summed E-state index contributed by atoms with van der Waals surface area (Å²) in [6.07, 6.45) is 3.41. The smallest absolute Gasteiger partial charge is 0.278 e. The lowest BCUT2D eigenvalue weighted by Crippen LogP contribution is -2.36. The molecular weight excluding hydrogens is 428 g/mol. The van der Waals surface area contributed by atoms with Crippen molar-refractivity contribution < 1.29 is 18.7 Å². The van der Waals surface area contributed by atoms with Crippen molar-refractivity contribution in [3.05, 3.63) is 89.5 Å². The van der Waals surface area contributed by atoms with Crippen LogP contribution in [0.25, 0.3) is 5.57 Å². The van der Waals surface area contributed by atoms with Crippen molar-refractivity contribution in [3.63, 3.8) is 0 Å². The molecule has 2 aliphatic heterocycles. The summed E-state index contributed by atoms with van der Waals surface area (Å²) in [6.45, 7) is 5.59. The molecular formula is C28H28N2O4. The Kier molecular flexibility index (Phi) is 5.97. The fourth-order valence-corrected chi connectivity index (χ4v) is 4.52. The van der Waals surface area contributed by atoms with Gasteiger partial charge < -0.3 is 14.1 Å². The first-order chi connectivity index (χ1) is 16.5. The third kappa shape index (κ3) is 4.12. The molecule has 0 fully saturated rings. The topological polar surface area (TPSA) is 63.0 Å². The molecule has 0 aliphatic carbocycles. The zero-order valence-electron chi connectivity index (χ0n) is 19.5. The van der Waals surface area contributed by atoms with Gasteiger partial charge in [0.1, 0.15) is 17.2 Å². The van der Waals surface area contributed by atoms with Crippen LogP contribution in [0.15, 0.2) is 77.0 Å². The summed E-state index contributed by atoms with van der Waals surface area (Å²) >= 11 is 0. The van der Waals surface area contributed by atoms with Gasteiger partial charge >= 0.3 is 0 Å². The monoisotopic (exact) mass is 456 g/mol. The molecule has 0 N–H and O–H groups in total. The average molecular weight is 457 g/mol. The lowest BCUT2D eigenvalue weighted by atomic mass is 9.98. The minimum atomic E-state index is -0.310. The van der Waals surface area contributed by atoms with Gasteiger partial charge in [-0.1, -0.05) is 44.2 Å². The zero-order chi connectivity index (χ0) is 23.7. The number of para-hydroxylation sites is 1. The first kappa shape index (κ1) is 22.0. The van der Waals surface area contributed by atoms with Crippen LogP contribution >= 0.6 is 0 Å². The SMILES string of the molecule is CC(C)COc1ccc(C2=C(N3CCCc4ccccc43)C(=O)N(Cc3ccco3)C2=O)cc1. The summed E-state index contributed by atoms with van der Waals surface area (Å²) in [4.78, 5) is 30.7. The summed E-state index contributed by atoms with van der Waals surface area (Å²) in [7, 11) is 0. The van der Waals surface area contributed by atoms with E-state index < -0.39 is 0 Å². The molecule has 0 saturated heterocycles. The Labute approximate surface area is 199 Å². The van der Waals surface area contributed by atoms with Crippen LogP contribution in [0.2, 0.25) is 0 Å². The molecule has 5 rings (SSSR count). The largest absolute Gasteiger partial charge is 0.493 e. The van der Waals surface area contributed by atoms with Crippen molar-refractivity contribution in [2.75, 3.05) is 18.1 Å². The van der Waals surface area contributed by atoms with Gasteiger partial charge in [-0.25, -0.2) is 0 Å². The molecule has 0 saturated carbocycles. The zero-order valence-corrected chi connectivity index (χ0v) is 19.5. The van der Waals surface area contributed by atoms with Gasteiger partial charge in [-0.3, -0.25) is 14.5 Å². The van der Waals surface area contributed by atoms with E-state index in [0.29, 0.717) is 41.7 Å². The van der Waals surface area contributed by atoms with E-state index in [1.54, 1.807) is 18.4 Å². The second-order valence-electron chi connectivity index (χ2n) is 9.11. The molecule has 2 amide bonds. The summed E-state index contributed by atoms with van der Waals surface area (Å²) < 4.78 is 11.2. The number of rotatable bonds is 7. The van der Waals surface area contributed by atoms with E-state index in [-0.39, 0.29) is 18.4 Å². The molecule has 0 unspecified atom stereocenters. The minimum Gasteiger partial charge on any atom is -0.493 e. The number of hydrogen-bond acceptors (Lipinski definition) is 5. The van der Waals surface area contributed by atoms with E-state index in [2.05, 4.69) is 19.9 Å². The van der Waals surface area contributed by atoms with Crippen molar-refractivity contribution in [2.45, 2.75) is 33.2 Å². The Bertz CT molecular complexity index is 1230. The van der Waals surface area contributed by atoms with Gasteiger partial charge in [-0.05, 0) is 60.2 Å². The predicted octanol–water partition coefficient (Wildman–Crippen LogP) is 5.05. The molecule has 2 aliphatic rings. The molecule has 3 aromatic rings. The predicted molar refractivity (Wildman–Crippen MR) is 130 cm³/mol. The number of furan rings is 1. The quantitative estimate of drug-likeness (QED) is 0.466. The van der Waals surface area contributed by atoms with Gasteiger partial charge in [-0.2, -0.15) is 0 Å². The van der Waals surface area contributed by atoms with Gasteiger partial charge in [-0.15, -0.1) is 0 Å². The number of benzene rings is 2. The Morgan fingerprint density at radius 3 is 2.50 bits per heavy atom. The number of carbonyl (C=O) groups excluding carboxylic acids is 2. The van der Waals surface area contributed by atoms with E-state index in [9.17, 15) is 9.59 Å². The van der Waals surface area contributed by atoms with Crippen molar-refractivity contribution in [2.24, 2.45) is 5.92 Å². The highest BCUT2D eigenvalue weighted by Crippen LogP contribution is 2.38. The van der Waals surface area contributed by atoms with E-state index in [1.165, 1.54) is 10.5 Å². The standard InChI is InChI=1S/C28H28N2O4/c1-19(2)18-34-22-13-11-21(12-14-22)25-26(29-15-5-8-20-7-3-4-10-24(20)29)28(32)30(27(25)31)17-23-9-6-16-33-23/h3-4,6-7,9-14,16,19H,5,8,15,17-18H2,1-2H3. The molecule has 1 aromatic heterocycles. The van der Waals surface area contributed by atoms with Crippen LogP contribution < -0.4 is 9.64 Å². The van der Waals surface area contributed by atoms with Crippen LogP contribution in [-0.4, -0.2) is 29.9 Å². The number of carbonyl (C=O) groups is 2. The van der Waals surface area contributed by atoms with E-state index in [4.69, 9.17) is 9.15 Å². The number of imide groups is 1. The number of anilines is 1. The maximum Gasteiger partial charge on any atom is 0.278 e. The van der Waals surface area contributed by atoms with Gasteiger partial charge in [0.25, 0.3) is 11.8 Å². The molecule has 2 aromatic carbocycles. The average Bonchev–Trinajstić information content (AvgIpc) is 3.45. The molecule has 0 radical (unpaired) electrons. The Morgan fingerprint density at radius 2 is 1.76 bits per heavy atom. The summed E-state index contributed by atoms with van der Waals surface area (Å²) in [5.41, 5.74) is 3.72. The van der Waals surface area contributed by atoms with Crippen LogP contribution in [0.1, 0.15) is 37.2 Å². The first-order valence-electron chi connectivity index (χ1n) is 11.7. The van der Waals surface area contributed by atoms with Crippen LogP contribution in [0.4, 0.5) is 5.69 Å². The van der Waals surface area contributed by atoms with Crippen molar-refractivity contribution in [1.82, 2.24) is 4.90 Å². The number of hydrogen-bond donors (Lipinski definition) is 0. The fraction of sp³-hybridized carbons (Fsp3) is 0.286. The summed E-state index contributed by atoms with van der Waals surface area (Å²) in [6, 6.07) is 19.1. The molecule has 6 nitrogen and oxygen atoms in total. The minimum absolute atomic E-state index is 0.0999. The van der Waals surface area contributed by atoms with Gasteiger partial charge in [0.2, 0.25) is 0 Å². The highest BCUT2D eigenvalue weighted by atomic mass is 16.5. The number of amides is 2. The molecule has 6 heteroatoms. The summed E-state index contributed by atoms with van der Waals surface area (Å²) in [5.74, 6) is 1.12. The first-order valence-corrected chi connectivity index (χ1v) is 11.7. The normalized spacial score (nSPS) is 16.0. The number of fused-ring (bicyclic) bond motifs is 1. The third-order valence-corrected chi connectivity index (χ3v) is 6.14. The number of ether oxygens (including phenoxy) is 1. The van der Waals surface area contributed by atoms with Crippen LogP contribution in [-0.2, 0) is 22.6 Å². The number of nitrogens with zero attached hydrogens (tertiary/aromatic N) is 2. The highest BCUT2D eigenvalue weighted by Gasteiger charge is 2.43. The van der Waals surface area contributed by atoms with Gasteiger partial charge in [0, 0.05) is 12.2 Å². The van der Waals surface area contributed by atoms with Crippen molar-refractivity contribution in [1.29, 1.82) is 0 Å². The Morgan fingerprint density at radius 1 is 0.971 bits per heavy atom. The molecule has 174 valence electrons. The molecule has 0 atom stereocenters. The second-order valence-corrected chi connectivity index (χ2v) is 9.11. The number of aryl methyl sites for hydroxylation is 1.